The van der Waals surface area contributed by atoms with Crippen molar-refractivity contribution in [3.05, 3.63) is 29.3 Å². The maximum absolute atomic E-state index is 5.79. The Morgan fingerprint density at radius 1 is 1.47 bits per heavy atom. The van der Waals surface area contributed by atoms with Crippen LogP contribution in [-0.4, -0.2) is 12.0 Å². The smallest absolute Gasteiger partial charge is 0.194 e. The first-order valence-electron chi connectivity index (χ1n) is 5.70. The fourth-order valence-corrected chi connectivity index (χ4v) is 1.41. The molecule has 17 heavy (non-hydrogen) atoms. The van der Waals surface area contributed by atoms with Crippen LogP contribution in [0.2, 0.25) is 0 Å². The molecule has 3 N–H and O–H groups in total. The number of hydrogen-bond acceptors (Lipinski definition) is 1. The fraction of sp³-hybridized carbons (Fsp3) is 0.357. The van der Waals surface area contributed by atoms with E-state index in [1.165, 1.54) is 11.1 Å². The molecule has 0 bridgehead atoms. The summed E-state index contributed by atoms with van der Waals surface area (Å²) in [5, 5.41) is 3.04. The molecule has 0 amide bonds. The fourth-order valence-electron chi connectivity index (χ4n) is 1.41. The second-order valence-electron chi connectivity index (χ2n) is 4.03. The van der Waals surface area contributed by atoms with E-state index in [9.17, 15) is 0 Å². The Labute approximate surface area is 103 Å². The van der Waals surface area contributed by atoms with Crippen LogP contribution in [0.15, 0.2) is 23.2 Å². The largest absolute Gasteiger partial charge is 0.370 e. The van der Waals surface area contributed by atoms with Gasteiger partial charge in [0, 0.05) is 5.69 Å². The van der Waals surface area contributed by atoms with Gasteiger partial charge < -0.3 is 11.1 Å². The van der Waals surface area contributed by atoms with E-state index in [1.54, 1.807) is 0 Å². The Kier molecular flexibility index (Phi) is 4.59. The van der Waals surface area contributed by atoms with Gasteiger partial charge in [0.15, 0.2) is 5.96 Å². The van der Waals surface area contributed by atoms with Crippen molar-refractivity contribution in [2.75, 3.05) is 5.32 Å². The molecule has 0 heterocycles. The molecular weight excluding hydrogens is 210 g/mol. The molecule has 1 rings (SSSR count). The highest BCUT2D eigenvalue weighted by atomic mass is 15.1. The van der Waals surface area contributed by atoms with E-state index >= 15 is 0 Å². The number of benzene rings is 1. The van der Waals surface area contributed by atoms with Crippen molar-refractivity contribution in [3.8, 4) is 12.3 Å². The molecule has 3 nitrogen and oxygen atoms in total. The zero-order valence-corrected chi connectivity index (χ0v) is 10.6. The van der Waals surface area contributed by atoms with Crippen molar-refractivity contribution in [1.29, 1.82) is 0 Å². The summed E-state index contributed by atoms with van der Waals surface area (Å²) in [6.45, 7) is 6.11. The van der Waals surface area contributed by atoms with E-state index in [4.69, 9.17) is 12.2 Å². The Morgan fingerprint density at radius 3 is 2.71 bits per heavy atom. The van der Waals surface area contributed by atoms with Gasteiger partial charge in [-0.2, -0.15) is 0 Å². The molecule has 1 atom stereocenters. The third-order valence-corrected chi connectivity index (χ3v) is 2.65. The first kappa shape index (κ1) is 13.1. The molecule has 0 aliphatic carbocycles. The third-order valence-electron chi connectivity index (χ3n) is 2.65. The molecule has 0 saturated heterocycles. The highest BCUT2D eigenvalue weighted by Crippen LogP contribution is 2.13. The number of nitrogens with zero attached hydrogens (tertiary/aromatic N) is 1. The first-order chi connectivity index (χ1) is 8.06. The standard InChI is InChI=1S/C14H19N3/c1-5-12(6-2)16-14(15)17-13-8-7-10(3)11(4)9-13/h1,7-9,12H,6H2,2-4H3,(H3,15,16,17). The third kappa shape index (κ3) is 3.84. The summed E-state index contributed by atoms with van der Waals surface area (Å²) in [6.07, 6.45) is 6.11. The van der Waals surface area contributed by atoms with Gasteiger partial charge in [-0.3, -0.25) is 0 Å². The molecule has 0 aromatic heterocycles. The number of aryl methyl sites for hydroxylation is 2. The van der Waals surface area contributed by atoms with Gasteiger partial charge in [0.2, 0.25) is 0 Å². The van der Waals surface area contributed by atoms with Crippen molar-refractivity contribution in [2.45, 2.75) is 33.2 Å². The van der Waals surface area contributed by atoms with Crippen molar-refractivity contribution in [2.24, 2.45) is 10.7 Å². The molecule has 0 radical (unpaired) electrons. The minimum atomic E-state index is -0.158. The average molecular weight is 229 g/mol. The van der Waals surface area contributed by atoms with Crippen molar-refractivity contribution in [1.82, 2.24) is 0 Å². The van der Waals surface area contributed by atoms with E-state index in [0.29, 0.717) is 5.96 Å². The molecule has 3 heteroatoms. The number of nitrogens with one attached hydrogen (secondary N) is 1. The molecule has 0 saturated carbocycles. The lowest BCUT2D eigenvalue weighted by molar-refractivity contribution is 0.806. The highest BCUT2D eigenvalue weighted by molar-refractivity contribution is 5.92. The highest BCUT2D eigenvalue weighted by Gasteiger charge is 2.01. The van der Waals surface area contributed by atoms with Crippen LogP contribution in [0.25, 0.3) is 0 Å². The zero-order valence-electron chi connectivity index (χ0n) is 10.6. The van der Waals surface area contributed by atoms with E-state index < -0.39 is 0 Å². The van der Waals surface area contributed by atoms with Gasteiger partial charge in [-0.25, -0.2) is 4.99 Å². The summed E-state index contributed by atoms with van der Waals surface area (Å²) in [5.41, 5.74) is 9.19. The van der Waals surface area contributed by atoms with Gasteiger partial charge in [-0.05, 0) is 43.5 Å². The van der Waals surface area contributed by atoms with Gasteiger partial charge in [0.25, 0.3) is 0 Å². The zero-order chi connectivity index (χ0) is 12.8. The molecule has 1 aromatic rings. The number of rotatable bonds is 3. The normalized spacial score (nSPS) is 12.9. The first-order valence-corrected chi connectivity index (χ1v) is 5.70. The van der Waals surface area contributed by atoms with Gasteiger partial charge >= 0.3 is 0 Å². The van der Waals surface area contributed by atoms with Crippen molar-refractivity contribution >= 4 is 11.6 Å². The van der Waals surface area contributed by atoms with Gasteiger partial charge in [0.1, 0.15) is 6.04 Å². The van der Waals surface area contributed by atoms with Crippen LogP contribution in [-0.2, 0) is 0 Å². The molecular formula is C14H19N3. The van der Waals surface area contributed by atoms with E-state index in [2.05, 4.69) is 30.1 Å². The molecule has 0 fully saturated rings. The topological polar surface area (TPSA) is 50.4 Å². The summed E-state index contributed by atoms with van der Waals surface area (Å²) in [4.78, 5) is 4.21. The lowest BCUT2D eigenvalue weighted by Gasteiger charge is -2.09. The van der Waals surface area contributed by atoms with Gasteiger partial charge in [0.05, 0.1) is 0 Å². The van der Waals surface area contributed by atoms with Crippen LogP contribution in [0.1, 0.15) is 24.5 Å². The summed E-state index contributed by atoms with van der Waals surface area (Å²) < 4.78 is 0. The number of anilines is 1. The second-order valence-corrected chi connectivity index (χ2v) is 4.03. The SMILES string of the molecule is C#CC(CC)N=C(N)Nc1ccc(C)c(C)c1. The Hall–Kier alpha value is -1.95. The Bertz CT molecular complexity index is 455. The number of nitrogens with two attached hydrogens (primary N) is 1. The van der Waals surface area contributed by atoms with Crippen LogP contribution < -0.4 is 11.1 Å². The predicted molar refractivity (Wildman–Crippen MR) is 74.1 cm³/mol. The molecule has 1 aromatic carbocycles. The Morgan fingerprint density at radius 2 is 2.18 bits per heavy atom. The number of hydrogen-bond donors (Lipinski definition) is 2. The van der Waals surface area contributed by atoms with Crippen molar-refractivity contribution in [3.63, 3.8) is 0 Å². The van der Waals surface area contributed by atoms with E-state index in [0.717, 1.165) is 12.1 Å². The van der Waals surface area contributed by atoms with Crippen LogP contribution in [0.5, 0.6) is 0 Å². The summed E-state index contributed by atoms with van der Waals surface area (Å²) in [5.74, 6) is 2.94. The van der Waals surface area contributed by atoms with Crippen LogP contribution >= 0.6 is 0 Å². The number of terminal acetylenes is 1. The Balaban J connectivity index is 2.77. The molecule has 90 valence electrons. The lowest BCUT2D eigenvalue weighted by Crippen LogP contribution is -2.24. The van der Waals surface area contributed by atoms with Gasteiger partial charge in [-0.1, -0.05) is 18.9 Å². The van der Waals surface area contributed by atoms with Gasteiger partial charge in [-0.15, -0.1) is 6.42 Å². The van der Waals surface area contributed by atoms with Crippen LogP contribution in [0, 0.1) is 26.2 Å². The number of aliphatic imine (C=N–C) groups is 1. The lowest BCUT2D eigenvalue weighted by atomic mass is 10.1. The molecule has 0 aliphatic rings. The summed E-state index contributed by atoms with van der Waals surface area (Å²) in [6, 6.07) is 5.90. The van der Waals surface area contributed by atoms with E-state index in [-0.39, 0.29) is 6.04 Å². The van der Waals surface area contributed by atoms with E-state index in [1.807, 2.05) is 25.1 Å². The quantitative estimate of drug-likeness (QED) is 0.475. The predicted octanol–water partition coefficient (Wildman–Crippen LogP) is 2.44. The van der Waals surface area contributed by atoms with Crippen LogP contribution in [0.4, 0.5) is 5.69 Å². The molecule has 0 aliphatic heterocycles. The molecule has 1 unspecified atom stereocenters. The minimum Gasteiger partial charge on any atom is -0.370 e. The maximum atomic E-state index is 5.79. The van der Waals surface area contributed by atoms with Crippen LogP contribution in [0.3, 0.4) is 0 Å². The molecule has 0 spiro atoms. The van der Waals surface area contributed by atoms with Crippen molar-refractivity contribution < 1.29 is 0 Å². The summed E-state index contributed by atoms with van der Waals surface area (Å²) >= 11 is 0. The second kappa shape index (κ2) is 5.95. The minimum absolute atomic E-state index is 0.158. The average Bonchev–Trinajstić information content (AvgIpc) is 2.31. The number of guanidine groups is 1. The summed E-state index contributed by atoms with van der Waals surface area (Å²) in [7, 11) is 0. The maximum Gasteiger partial charge on any atom is 0.194 e. The monoisotopic (exact) mass is 229 g/mol.